The predicted octanol–water partition coefficient (Wildman–Crippen LogP) is 4.62. The third kappa shape index (κ3) is 4.44. The first-order chi connectivity index (χ1) is 16.6. The molecule has 0 aliphatic heterocycles. The molecule has 0 spiro atoms. The van der Waals surface area contributed by atoms with E-state index in [-0.39, 0.29) is 0 Å². The lowest BCUT2D eigenvalue weighted by Gasteiger charge is -2.15. The first-order valence-electron chi connectivity index (χ1n) is 10.2. The number of fused-ring (bicyclic) bond motifs is 1. The van der Waals surface area contributed by atoms with E-state index in [9.17, 15) is 4.79 Å². The van der Waals surface area contributed by atoms with Gasteiger partial charge in [-0.15, -0.1) is 0 Å². The molecule has 3 aromatic heterocycles. The summed E-state index contributed by atoms with van der Waals surface area (Å²) in [6, 6.07) is 19.8. The summed E-state index contributed by atoms with van der Waals surface area (Å²) in [5.74, 6) is 1.29. The minimum Gasteiger partial charge on any atom is -0.439 e. The van der Waals surface area contributed by atoms with Crippen molar-refractivity contribution in [3.63, 3.8) is 0 Å². The molecule has 0 saturated heterocycles. The summed E-state index contributed by atoms with van der Waals surface area (Å²) in [5.41, 5.74) is 2.54. The molecule has 0 fully saturated rings. The van der Waals surface area contributed by atoms with Crippen molar-refractivity contribution >= 4 is 34.4 Å². The molecular weight excluding hydrogens is 454 g/mol. The molecule has 0 radical (unpaired) electrons. The Kier molecular flexibility index (Phi) is 5.64. The third-order valence-electron chi connectivity index (χ3n) is 5.00. The third-order valence-corrected chi connectivity index (χ3v) is 5.26. The number of aromatic nitrogens is 5. The standard InChI is InChI=1S/C24H16ClN7O2/c25-17-4-1-15(2-5-17)13-32-22-21(28-14-29-22)23(33)31-24(32)30-18-6-8-19(9-7-18)34-20-10-3-16(11-26)12-27-20/h1-10,12,14H,13H2,(H,28,29)(H,30,31,33). The van der Waals surface area contributed by atoms with Crippen molar-refractivity contribution in [1.82, 2.24) is 24.5 Å². The van der Waals surface area contributed by atoms with E-state index in [1.165, 1.54) is 12.5 Å². The number of H-pyrrole nitrogens is 1. The fourth-order valence-corrected chi connectivity index (χ4v) is 3.47. The molecule has 5 rings (SSSR count). The highest BCUT2D eigenvalue weighted by Gasteiger charge is 2.14. The summed E-state index contributed by atoms with van der Waals surface area (Å²) >= 11 is 6.01. The lowest BCUT2D eigenvalue weighted by atomic mass is 10.2. The van der Waals surface area contributed by atoms with Crippen LogP contribution in [0.15, 0.2) is 78.0 Å². The number of imidazole rings is 1. The second-order valence-corrected chi connectivity index (χ2v) is 7.74. The molecule has 34 heavy (non-hydrogen) atoms. The summed E-state index contributed by atoms with van der Waals surface area (Å²) < 4.78 is 7.54. The molecule has 2 N–H and O–H groups in total. The van der Waals surface area contributed by atoms with E-state index < -0.39 is 5.56 Å². The van der Waals surface area contributed by atoms with E-state index in [0.717, 1.165) is 5.56 Å². The highest BCUT2D eigenvalue weighted by atomic mass is 35.5. The van der Waals surface area contributed by atoms with E-state index in [1.807, 2.05) is 34.9 Å². The largest absolute Gasteiger partial charge is 0.439 e. The molecule has 9 nitrogen and oxygen atoms in total. The fourth-order valence-electron chi connectivity index (χ4n) is 3.34. The van der Waals surface area contributed by atoms with Gasteiger partial charge in [0.05, 0.1) is 18.4 Å². The van der Waals surface area contributed by atoms with Crippen molar-refractivity contribution in [1.29, 1.82) is 5.26 Å². The van der Waals surface area contributed by atoms with E-state index in [0.29, 0.717) is 51.6 Å². The second kappa shape index (κ2) is 9.05. The quantitative estimate of drug-likeness (QED) is 0.372. The highest BCUT2D eigenvalue weighted by molar-refractivity contribution is 6.30. The summed E-state index contributed by atoms with van der Waals surface area (Å²) in [6.45, 7) is 0.430. The van der Waals surface area contributed by atoms with Crippen LogP contribution in [-0.4, -0.2) is 24.5 Å². The molecule has 10 heteroatoms. The number of rotatable bonds is 6. The Balaban J connectivity index is 1.42. The molecule has 2 aromatic carbocycles. The molecule has 0 unspecified atom stereocenters. The van der Waals surface area contributed by atoms with Crippen LogP contribution in [0.2, 0.25) is 5.02 Å². The lowest BCUT2D eigenvalue weighted by molar-refractivity contribution is 0.463. The summed E-state index contributed by atoms with van der Waals surface area (Å²) in [6.07, 6.45) is 2.92. The Bertz CT molecular complexity index is 1550. The number of pyridine rings is 1. The zero-order valence-corrected chi connectivity index (χ0v) is 18.3. The summed E-state index contributed by atoms with van der Waals surface area (Å²) in [5, 5.41) is 12.7. The van der Waals surface area contributed by atoms with Gasteiger partial charge < -0.3 is 15.0 Å². The SMILES string of the molecule is N#Cc1ccc(Oc2ccc(Nc3nc(=O)c4[nH]cnc4n3Cc3ccc(Cl)cc3)cc2)nc1. The number of halogens is 1. The molecular formula is C24H16ClN7O2. The number of benzene rings is 2. The van der Waals surface area contributed by atoms with Crippen LogP contribution in [0, 0.1) is 11.3 Å². The molecule has 0 aliphatic rings. The number of anilines is 2. The fraction of sp³-hybridized carbons (Fsp3) is 0.0417. The summed E-state index contributed by atoms with van der Waals surface area (Å²) in [7, 11) is 0. The molecule has 166 valence electrons. The first kappa shape index (κ1) is 21.2. The highest BCUT2D eigenvalue weighted by Crippen LogP contribution is 2.24. The number of hydrogen-bond acceptors (Lipinski definition) is 7. The molecule has 0 bridgehead atoms. The van der Waals surface area contributed by atoms with Crippen LogP contribution < -0.4 is 15.6 Å². The molecule has 5 aromatic rings. The average molecular weight is 470 g/mol. The van der Waals surface area contributed by atoms with Gasteiger partial charge >= 0.3 is 5.56 Å². The van der Waals surface area contributed by atoms with Gasteiger partial charge in [-0.2, -0.15) is 10.2 Å². The maximum absolute atomic E-state index is 12.5. The van der Waals surface area contributed by atoms with Gasteiger partial charge in [0.2, 0.25) is 11.8 Å². The van der Waals surface area contributed by atoms with Gasteiger partial charge in [-0.1, -0.05) is 23.7 Å². The minimum atomic E-state index is -0.408. The van der Waals surface area contributed by atoms with Crippen molar-refractivity contribution in [3.05, 3.63) is 99.7 Å². The summed E-state index contributed by atoms with van der Waals surface area (Å²) in [4.78, 5) is 28.0. The lowest BCUT2D eigenvalue weighted by Crippen LogP contribution is -2.18. The molecule has 0 atom stereocenters. The van der Waals surface area contributed by atoms with Gasteiger partial charge in [-0.3, -0.25) is 9.36 Å². The van der Waals surface area contributed by atoms with Crippen molar-refractivity contribution < 1.29 is 4.74 Å². The van der Waals surface area contributed by atoms with Gasteiger partial charge in [-0.25, -0.2) is 9.97 Å². The first-order valence-corrected chi connectivity index (χ1v) is 10.6. The number of hydrogen-bond donors (Lipinski definition) is 2. The monoisotopic (exact) mass is 469 g/mol. The van der Waals surface area contributed by atoms with Crippen LogP contribution in [0.3, 0.4) is 0 Å². The van der Waals surface area contributed by atoms with E-state index in [1.54, 1.807) is 36.4 Å². The number of nitriles is 1. The van der Waals surface area contributed by atoms with Crippen molar-refractivity contribution in [3.8, 4) is 17.7 Å². The van der Waals surface area contributed by atoms with Gasteiger partial charge in [0.25, 0.3) is 0 Å². The van der Waals surface area contributed by atoms with Gasteiger partial charge in [0, 0.05) is 23.0 Å². The van der Waals surface area contributed by atoms with E-state index >= 15 is 0 Å². The Morgan fingerprint density at radius 2 is 1.85 bits per heavy atom. The van der Waals surface area contributed by atoms with Crippen molar-refractivity contribution in [2.45, 2.75) is 6.54 Å². The van der Waals surface area contributed by atoms with Crippen molar-refractivity contribution in [2.75, 3.05) is 5.32 Å². The van der Waals surface area contributed by atoms with Crippen LogP contribution in [-0.2, 0) is 6.54 Å². The Hall–Kier alpha value is -4.68. The van der Waals surface area contributed by atoms with Crippen LogP contribution in [0.25, 0.3) is 11.2 Å². The second-order valence-electron chi connectivity index (χ2n) is 7.30. The van der Waals surface area contributed by atoms with Crippen LogP contribution in [0.1, 0.15) is 11.1 Å². The zero-order chi connectivity index (χ0) is 23.5. The van der Waals surface area contributed by atoms with Crippen LogP contribution in [0.5, 0.6) is 11.6 Å². The maximum Gasteiger partial charge on any atom is 0.300 e. The Morgan fingerprint density at radius 1 is 1.06 bits per heavy atom. The number of aromatic amines is 1. The normalized spacial score (nSPS) is 10.7. The van der Waals surface area contributed by atoms with Gasteiger partial charge in [-0.05, 0) is 48.0 Å². The van der Waals surface area contributed by atoms with E-state index in [2.05, 4.69) is 25.3 Å². The average Bonchev–Trinajstić information content (AvgIpc) is 3.35. The Morgan fingerprint density at radius 3 is 2.56 bits per heavy atom. The topological polar surface area (TPSA) is 122 Å². The maximum atomic E-state index is 12.5. The van der Waals surface area contributed by atoms with E-state index in [4.69, 9.17) is 21.6 Å². The van der Waals surface area contributed by atoms with Crippen LogP contribution >= 0.6 is 11.6 Å². The van der Waals surface area contributed by atoms with Crippen LogP contribution in [0.4, 0.5) is 11.6 Å². The molecule has 0 aliphatic carbocycles. The minimum absolute atomic E-state index is 0.332. The smallest absolute Gasteiger partial charge is 0.300 e. The zero-order valence-electron chi connectivity index (χ0n) is 17.6. The molecule has 0 amide bonds. The predicted molar refractivity (Wildman–Crippen MR) is 127 cm³/mol. The van der Waals surface area contributed by atoms with Crippen molar-refractivity contribution in [2.24, 2.45) is 0 Å². The molecule has 3 heterocycles. The number of nitrogens with one attached hydrogen (secondary N) is 2. The molecule has 0 saturated carbocycles. The number of ether oxygens (including phenoxy) is 1. The Labute approximate surface area is 198 Å². The number of nitrogens with zero attached hydrogens (tertiary/aromatic N) is 5. The van der Waals surface area contributed by atoms with Gasteiger partial charge in [0.1, 0.15) is 11.8 Å². The van der Waals surface area contributed by atoms with Gasteiger partial charge in [0.15, 0.2) is 11.2 Å².